The molecule has 0 spiro atoms. The molecule has 5 aromatic rings. The van der Waals surface area contributed by atoms with Gasteiger partial charge in [0.2, 0.25) is 5.89 Å². The van der Waals surface area contributed by atoms with Crippen LogP contribution in [0.5, 0.6) is 0 Å². The molecule has 1 aliphatic carbocycles. The van der Waals surface area contributed by atoms with Crippen molar-refractivity contribution in [2.24, 2.45) is 11.8 Å². The minimum Gasteiger partial charge on any atom is -0.445 e. The molecule has 1 N–H and O–H groups in total. The van der Waals surface area contributed by atoms with E-state index in [9.17, 15) is 14.7 Å². The fourth-order valence-corrected chi connectivity index (χ4v) is 8.50. The van der Waals surface area contributed by atoms with E-state index in [0.717, 1.165) is 53.9 Å². The van der Waals surface area contributed by atoms with E-state index < -0.39 is 6.10 Å². The number of ether oxygens (including phenoxy) is 1. The van der Waals surface area contributed by atoms with Gasteiger partial charge in [0, 0.05) is 40.7 Å². The van der Waals surface area contributed by atoms with Crippen LogP contribution in [0.4, 0.5) is 0 Å². The molecule has 3 aromatic carbocycles. The van der Waals surface area contributed by atoms with E-state index in [0.29, 0.717) is 42.2 Å². The smallest absolute Gasteiger partial charge is 0.254 e. The number of aliphatic hydroxyl groups is 1. The second kappa shape index (κ2) is 15.6. The second-order valence-corrected chi connectivity index (χ2v) is 14.6. The highest BCUT2D eigenvalue weighted by Crippen LogP contribution is 2.38. The number of likely N-dealkylation sites (tertiary alicyclic amines) is 1. The van der Waals surface area contributed by atoms with E-state index in [1.54, 1.807) is 35.7 Å². The molecule has 1 saturated heterocycles. The fourth-order valence-electron chi connectivity index (χ4n) is 7.55. The maximum Gasteiger partial charge on any atom is 0.254 e. The molecular weight excluding hydrogens is 647 g/mol. The third-order valence-corrected chi connectivity index (χ3v) is 11.2. The maximum atomic E-state index is 14.3. The summed E-state index contributed by atoms with van der Waals surface area (Å²) in [4.78, 5) is 39.3. The topological polar surface area (TPSA) is 106 Å². The highest BCUT2D eigenvalue weighted by molar-refractivity contribution is 7.09. The molecule has 0 radical (unpaired) electrons. The molecule has 8 nitrogen and oxygen atoms in total. The Morgan fingerprint density at radius 2 is 1.76 bits per heavy atom. The van der Waals surface area contributed by atoms with Crippen LogP contribution in [0, 0.1) is 18.8 Å². The number of Topliss-reactive ketones (excluding diaryl/α,β-unsaturated/α-hetero) is 1. The monoisotopic (exact) mass is 689 g/mol. The Labute approximate surface area is 297 Å². The third-order valence-electron chi connectivity index (χ3n) is 10.1. The Morgan fingerprint density at radius 3 is 2.48 bits per heavy atom. The van der Waals surface area contributed by atoms with Crippen molar-refractivity contribution in [3.05, 3.63) is 130 Å². The molecule has 0 bridgehead atoms. The normalized spacial score (nSPS) is 20.2. The van der Waals surface area contributed by atoms with Gasteiger partial charge in [0.15, 0.2) is 5.78 Å². The van der Waals surface area contributed by atoms with Crippen LogP contribution in [-0.2, 0) is 17.8 Å². The molecule has 0 unspecified atom stereocenters. The number of nitrogens with zero attached hydrogens (tertiary/aromatic N) is 3. The van der Waals surface area contributed by atoms with Crippen molar-refractivity contribution in [2.45, 2.75) is 76.7 Å². The van der Waals surface area contributed by atoms with Crippen molar-refractivity contribution >= 4 is 23.0 Å². The number of carbonyl (C=O) groups excluding carboxylic acids is 2. The maximum absolute atomic E-state index is 14.3. The molecule has 1 amide bonds. The number of ketones is 1. The van der Waals surface area contributed by atoms with Gasteiger partial charge < -0.3 is 19.2 Å². The number of aliphatic hydroxyl groups excluding tert-OH is 1. The summed E-state index contributed by atoms with van der Waals surface area (Å²) in [5.74, 6) is -0.222. The highest BCUT2D eigenvalue weighted by atomic mass is 32.1. The number of amides is 1. The van der Waals surface area contributed by atoms with Crippen LogP contribution in [0.25, 0.3) is 11.5 Å². The number of benzene rings is 3. The van der Waals surface area contributed by atoms with Crippen molar-refractivity contribution in [2.75, 3.05) is 6.54 Å². The first-order chi connectivity index (χ1) is 24.4. The number of thiazole rings is 1. The van der Waals surface area contributed by atoms with E-state index >= 15 is 0 Å². The van der Waals surface area contributed by atoms with Crippen molar-refractivity contribution in [3.63, 3.8) is 0 Å². The lowest BCUT2D eigenvalue weighted by atomic mass is 9.81. The van der Waals surface area contributed by atoms with Gasteiger partial charge in [-0.15, -0.1) is 11.3 Å². The fraction of sp³-hybridized carbons (Fsp3) is 0.366. The first-order valence-corrected chi connectivity index (χ1v) is 18.5. The average molecular weight is 690 g/mol. The minimum atomic E-state index is -0.687. The number of aromatic nitrogens is 2. The van der Waals surface area contributed by atoms with Crippen molar-refractivity contribution < 1.29 is 23.8 Å². The van der Waals surface area contributed by atoms with Gasteiger partial charge in [0.25, 0.3) is 5.91 Å². The summed E-state index contributed by atoms with van der Waals surface area (Å²) in [6.07, 6.45) is 7.32. The lowest BCUT2D eigenvalue weighted by molar-refractivity contribution is 0.0184. The van der Waals surface area contributed by atoms with Gasteiger partial charge >= 0.3 is 0 Å². The Kier molecular flexibility index (Phi) is 10.6. The molecule has 9 heteroatoms. The van der Waals surface area contributed by atoms with E-state index in [-0.39, 0.29) is 42.1 Å². The highest BCUT2D eigenvalue weighted by Gasteiger charge is 2.37. The van der Waals surface area contributed by atoms with E-state index in [4.69, 9.17) is 9.15 Å². The van der Waals surface area contributed by atoms with Crippen LogP contribution in [0.15, 0.2) is 101 Å². The van der Waals surface area contributed by atoms with E-state index in [1.807, 2.05) is 65.7 Å². The largest absolute Gasteiger partial charge is 0.445 e. The number of rotatable bonds is 13. The van der Waals surface area contributed by atoms with Crippen molar-refractivity contribution in [1.29, 1.82) is 0 Å². The summed E-state index contributed by atoms with van der Waals surface area (Å²) in [6.45, 7) is 3.13. The molecule has 258 valence electrons. The molecule has 1 aliphatic heterocycles. The van der Waals surface area contributed by atoms with E-state index in [1.165, 1.54) is 6.26 Å². The Bertz CT molecular complexity index is 1880. The molecule has 2 fully saturated rings. The van der Waals surface area contributed by atoms with Crippen LogP contribution < -0.4 is 0 Å². The zero-order chi connectivity index (χ0) is 34.5. The van der Waals surface area contributed by atoms with Gasteiger partial charge in [-0.25, -0.2) is 9.97 Å². The standard InChI is InChI=1S/C41H43N3O5S/c1-27-26-50-40(43-27)36-13-8-17-44(36)41(47)34-21-31(20-33(22-34)39-42-16-18-48-39)37(45)24-32(19-28-9-4-2-5-10-28)38(46)30-14-15-35(23-30)49-25-29-11-6-3-7-12-29/h2-7,9-12,16,18,20-22,26,30,32,35-36,38,46H,8,13-15,17,19,23-25H2,1H3/t30-,32-,35+,36-,38-/m1/s1. The van der Waals surface area contributed by atoms with Gasteiger partial charge in [0.1, 0.15) is 11.3 Å². The number of oxazole rings is 1. The summed E-state index contributed by atoms with van der Waals surface area (Å²) >= 11 is 1.58. The first-order valence-electron chi connectivity index (χ1n) is 17.6. The van der Waals surface area contributed by atoms with Gasteiger partial charge in [-0.1, -0.05) is 60.7 Å². The summed E-state index contributed by atoms with van der Waals surface area (Å²) < 4.78 is 11.9. The van der Waals surface area contributed by atoms with Crippen LogP contribution in [0.1, 0.15) is 87.1 Å². The summed E-state index contributed by atoms with van der Waals surface area (Å²) in [5.41, 5.74) is 4.54. The Balaban J connectivity index is 1.12. The van der Waals surface area contributed by atoms with Crippen molar-refractivity contribution in [1.82, 2.24) is 14.9 Å². The number of hydrogen-bond donors (Lipinski definition) is 1. The number of aryl methyl sites for hydroxylation is 1. The average Bonchev–Trinajstić information content (AvgIpc) is 3.99. The number of carbonyl (C=O) groups is 2. The van der Waals surface area contributed by atoms with Gasteiger partial charge in [-0.2, -0.15) is 0 Å². The lowest BCUT2D eigenvalue weighted by Crippen LogP contribution is -2.32. The van der Waals surface area contributed by atoms with Gasteiger partial charge in [-0.3, -0.25) is 9.59 Å². The minimum absolute atomic E-state index is 0.0228. The zero-order valence-electron chi connectivity index (χ0n) is 28.3. The second-order valence-electron chi connectivity index (χ2n) is 13.7. The van der Waals surface area contributed by atoms with Crippen LogP contribution in [0.2, 0.25) is 0 Å². The van der Waals surface area contributed by atoms with Crippen LogP contribution >= 0.6 is 11.3 Å². The lowest BCUT2D eigenvalue weighted by Gasteiger charge is -2.28. The predicted octanol–water partition coefficient (Wildman–Crippen LogP) is 8.26. The Morgan fingerprint density at radius 1 is 1.00 bits per heavy atom. The van der Waals surface area contributed by atoms with E-state index in [2.05, 4.69) is 22.1 Å². The van der Waals surface area contributed by atoms with Crippen molar-refractivity contribution in [3.8, 4) is 11.5 Å². The predicted molar refractivity (Wildman–Crippen MR) is 193 cm³/mol. The Hall–Kier alpha value is -4.44. The summed E-state index contributed by atoms with van der Waals surface area (Å²) in [7, 11) is 0. The molecular formula is C41H43N3O5S. The molecule has 2 aliphatic rings. The molecule has 50 heavy (non-hydrogen) atoms. The first kappa shape index (κ1) is 34.0. The summed E-state index contributed by atoms with van der Waals surface area (Å²) in [6, 6.07) is 25.3. The van der Waals surface area contributed by atoms with Crippen LogP contribution in [-0.4, -0.2) is 50.4 Å². The molecule has 7 rings (SSSR count). The zero-order valence-corrected chi connectivity index (χ0v) is 29.1. The molecule has 1 saturated carbocycles. The van der Waals surface area contributed by atoms with Gasteiger partial charge in [0.05, 0.1) is 31.1 Å². The third kappa shape index (κ3) is 7.96. The van der Waals surface area contributed by atoms with Gasteiger partial charge in [-0.05, 0) is 86.6 Å². The summed E-state index contributed by atoms with van der Waals surface area (Å²) in [5, 5.41) is 14.9. The molecule has 2 aromatic heterocycles. The van der Waals surface area contributed by atoms with Crippen LogP contribution in [0.3, 0.4) is 0 Å². The SMILES string of the molecule is Cc1csc([C@H]2CCCN2C(=O)c2cc(C(=O)C[C@@H](Cc3ccccc3)[C@H](O)[C@@H]3CC[C@H](OCc4ccccc4)C3)cc(-c3ncco3)c2)n1. The number of hydrogen-bond acceptors (Lipinski definition) is 8. The molecule has 3 heterocycles. The quantitative estimate of drug-likeness (QED) is 0.124. The molecule has 5 atom stereocenters.